The molecular weight excluding hydrogens is 372 g/mol. The van der Waals surface area contributed by atoms with Crippen molar-refractivity contribution in [1.29, 1.82) is 0 Å². The molecule has 0 unspecified atom stereocenters. The van der Waals surface area contributed by atoms with E-state index in [1.54, 1.807) is 23.1 Å². The number of hydrogen-bond acceptors (Lipinski definition) is 5. The fourth-order valence-corrected chi connectivity index (χ4v) is 3.32. The summed E-state index contributed by atoms with van der Waals surface area (Å²) in [5.74, 6) is 0.861. The molecule has 0 bridgehead atoms. The molecule has 1 aliphatic heterocycles. The lowest BCUT2D eigenvalue weighted by atomic mass is 10.1. The number of hydrogen-bond donors (Lipinski definition) is 1. The van der Waals surface area contributed by atoms with E-state index in [4.69, 9.17) is 14.2 Å². The Balaban J connectivity index is 1.67. The minimum atomic E-state index is -0.252. The summed E-state index contributed by atoms with van der Waals surface area (Å²) in [7, 11) is 1.53. The summed E-state index contributed by atoms with van der Waals surface area (Å²) >= 11 is 0. The van der Waals surface area contributed by atoms with Gasteiger partial charge in [-0.15, -0.1) is 0 Å². The highest BCUT2D eigenvalue weighted by Crippen LogP contribution is 2.28. The summed E-state index contributed by atoms with van der Waals surface area (Å²) < 4.78 is 16.3. The van der Waals surface area contributed by atoms with Gasteiger partial charge in [-0.25, -0.2) is 0 Å². The second-order valence-corrected chi connectivity index (χ2v) is 6.88. The van der Waals surface area contributed by atoms with Crippen molar-refractivity contribution >= 4 is 17.5 Å². The molecule has 3 rings (SSSR count). The minimum Gasteiger partial charge on any atom is -0.496 e. The van der Waals surface area contributed by atoms with Crippen LogP contribution in [-0.2, 0) is 9.53 Å². The largest absolute Gasteiger partial charge is 0.496 e. The van der Waals surface area contributed by atoms with E-state index in [-0.39, 0.29) is 18.4 Å². The van der Waals surface area contributed by atoms with E-state index >= 15 is 0 Å². The van der Waals surface area contributed by atoms with Gasteiger partial charge in [0.05, 0.1) is 25.9 Å². The van der Waals surface area contributed by atoms with Gasteiger partial charge in [-0.05, 0) is 49.2 Å². The Morgan fingerprint density at radius 1 is 1.10 bits per heavy atom. The average Bonchev–Trinajstić information content (AvgIpc) is 2.73. The highest BCUT2D eigenvalue weighted by atomic mass is 16.5. The second-order valence-electron chi connectivity index (χ2n) is 6.88. The smallest absolute Gasteiger partial charge is 0.260 e. The molecule has 2 amide bonds. The van der Waals surface area contributed by atoms with E-state index in [0.717, 1.165) is 11.1 Å². The molecule has 2 aromatic rings. The molecule has 1 saturated heterocycles. The van der Waals surface area contributed by atoms with Gasteiger partial charge in [-0.3, -0.25) is 9.59 Å². The summed E-state index contributed by atoms with van der Waals surface area (Å²) in [4.78, 5) is 26.7. The standard InChI is InChI=1S/C22H26N2O5/c1-15-12-17(23-22(26)18-6-4-5-7-19(18)27-3)13-16(2)21(15)29-14-20(25)24-8-10-28-11-9-24/h4-7,12-13H,8-11,14H2,1-3H3,(H,23,26). The van der Waals surface area contributed by atoms with Crippen LogP contribution < -0.4 is 14.8 Å². The van der Waals surface area contributed by atoms with E-state index < -0.39 is 0 Å². The highest BCUT2D eigenvalue weighted by molar-refractivity contribution is 6.06. The zero-order valence-electron chi connectivity index (χ0n) is 17.0. The van der Waals surface area contributed by atoms with Crippen LogP contribution in [0.2, 0.25) is 0 Å². The van der Waals surface area contributed by atoms with Gasteiger partial charge < -0.3 is 24.4 Å². The van der Waals surface area contributed by atoms with Gasteiger partial charge in [-0.2, -0.15) is 0 Å². The van der Waals surface area contributed by atoms with Crippen LogP contribution in [0.1, 0.15) is 21.5 Å². The Labute approximate surface area is 170 Å². The maximum Gasteiger partial charge on any atom is 0.260 e. The molecule has 1 fully saturated rings. The highest BCUT2D eigenvalue weighted by Gasteiger charge is 2.18. The average molecular weight is 398 g/mol. The van der Waals surface area contributed by atoms with E-state index in [0.29, 0.717) is 49.1 Å². The molecule has 1 aliphatic rings. The molecule has 7 nitrogen and oxygen atoms in total. The topological polar surface area (TPSA) is 77.1 Å². The third-order valence-corrected chi connectivity index (χ3v) is 4.77. The summed E-state index contributed by atoms with van der Waals surface area (Å²) in [6.45, 7) is 6.06. The molecule has 7 heteroatoms. The van der Waals surface area contributed by atoms with Crippen molar-refractivity contribution in [3.63, 3.8) is 0 Å². The van der Waals surface area contributed by atoms with E-state index in [1.165, 1.54) is 7.11 Å². The molecule has 2 aromatic carbocycles. The number of amides is 2. The van der Waals surface area contributed by atoms with Crippen LogP contribution in [0.15, 0.2) is 36.4 Å². The molecule has 0 atom stereocenters. The SMILES string of the molecule is COc1ccccc1C(=O)Nc1cc(C)c(OCC(=O)N2CCOCC2)c(C)c1. The van der Waals surface area contributed by atoms with Crippen molar-refractivity contribution in [2.75, 3.05) is 45.3 Å². The molecule has 29 heavy (non-hydrogen) atoms. The number of carbonyl (C=O) groups excluding carboxylic acids is 2. The zero-order valence-corrected chi connectivity index (χ0v) is 17.0. The van der Waals surface area contributed by atoms with Crippen molar-refractivity contribution in [2.24, 2.45) is 0 Å². The number of aryl methyl sites for hydroxylation is 2. The van der Waals surface area contributed by atoms with E-state index in [2.05, 4.69) is 5.32 Å². The fraction of sp³-hybridized carbons (Fsp3) is 0.364. The first-order valence-electron chi connectivity index (χ1n) is 9.53. The zero-order chi connectivity index (χ0) is 20.8. The normalized spacial score (nSPS) is 13.7. The van der Waals surface area contributed by atoms with Gasteiger partial charge in [0.25, 0.3) is 11.8 Å². The number of nitrogens with one attached hydrogen (secondary N) is 1. The number of morpholine rings is 1. The number of rotatable bonds is 6. The van der Waals surface area contributed by atoms with Crippen LogP contribution >= 0.6 is 0 Å². The van der Waals surface area contributed by atoms with Gasteiger partial charge in [-0.1, -0.05) is 12.1 Å². The Morgan fingerprint density at radius 2 is 1.76 bits per heavy atom. The first-order chi connectivity index (χ1) is 14.0. The fourth-order valence-electron chi connectivity index (χ4n) is 3.32. The van der Waals surface area contributed by atoms with Crippen molar-refractivity contribution in [1.82, 2.24) is 4.90 Å². The predicted molar refractivity (Wildman–Crippen MR) is 110 cm³/mol. The van der Waals surface area contributed by atoms with E-state index in [9.17, 15) is 9.59 Å². The Morgan fingerprint density at radius 3 is 2.41 bits per heavy atom. The maximum atomic E-state index is 12.6. The van der Waals surface area contributed by atoms with Crippen LogP contribution in [0, 0.1) is 13.8 Å². The first-order valence-corrected chi connectivity index (χ1v) is 9.53. The number of nitrogens with zero attached hydrogens (tertiary/aromatic N) is 1. The van der Waals surface area contributed by atoms with Crippen molar-refractivity contribution in [3.05, 3.63) is 53.1 Å². The maximum absolute atomic E-state index is 12.6. The summed E-state index contributed by atoms with van der Waals surface area (Å²) in [5.41, 5.74) is 2.80. The molecule has 0 spiro atoms. The van der Waals surface area contributed by atoms with Crippen LogP contribution in [0.3, 0.4) is 0 Å². The van der Waals surface area contributed by atoms with Gasteiger partial charge in [0.2, 0.25) is 0 Å². The number of benzene rings is 2. The molecule has 154 valence electrons. The van der Waals surface area contributed by atoms with Crippen molar-refractivity contribution in [2.45, 2.75) is 13.8 Å². The Kier molecular flexibility index (Phi) is 6.72. The van der Waals surface area contributed by atoms with Crippen molar-refractivity contribution in [3.8, 4) is 11.5 Å². The quantitative estimate of drug-likeness (QED) is 0.810. The van der Waals surface area contributed by atoms with Crippen LogP contribution in [0.25, 0.3) is 0 Å². The first kappa shape index (κ1) is 20.7. The molecule has 1 heterocycles. The summed E-state index contributed by atoms with van der Waals surface area (Å²) in [6, 6.07) is 10.7. The van der Waals surface area contributed by atoms with Gasteiger partial charge in [0.15, 0.2) is 6.61 Å². The third kappa shape index (κ3) is 5.06. The van der Waals surface area contributed by atoms with Gasteiger partial charge in [0, 0.05) is 18.8 Å². The number of ether oxygens (including phenoxy) is 3. The van der Waals surface area contributed by atoms with Crippen molar-refractivity contribution < 1.29 is 23.8 Å². The molecule has 0 saturated carbocycles. The minimum absolute atomic E-state index is 0.0192. The van der Waals surface area contributed by atoms with Crippen LogP contribution in [0.4, 0.5) is 5.69 Å². The molecular formula is C22H26N2O5. The van der Waals surface area contributed by atoms with Gasteiger partial charge >= 0.3 is 0 Å². The number of para-hydroxylation sites is 1. The Bertz CT molecular complexity index is 868. The monoisotopic (exact) mass is 398 g/mol. The van der Waals surface area contributed by atoms with E-state index in [1.807, 2.05) is 32.0 Å². The molecule has 1 N–H and O–H groups in total. The third-order valence-electron chi connectivity index (χ3n) is 4.77. The second kappa shape index (κ2) is 9.43. The number of methoxy groups -OCH3 is 1. The number of carbonyl (C=O) groups is 2. The molecule has 0 radical (unpaired) electrons. The lowest BCUT2D eigenvalue weighted by Crippen LogP contribution is -2.43. The Hall–Kier alpha value is -3.06. The molecule has 0 aliphatic carbocycles. The summed E-state index contributed by atoms with van der Waals surface area (Å²) in [5, 5.41) is 2.89. The lowest BCUT2D eigenvalue weighted by molar-refractivity contribution is -0.137. The summed E-state index contributed by atoms with van der Waals surface area (Å²) in [6.07, 6.45) is 0. The lowest BCUT2D eigenvalue weighted by Gasteiger charge is -2.27. The van der Waals surface area contributed by atoms with Gasteiger partial charge in [0.1, 0.15) is 11.5 Å². The van der Waals surface area contributed by atoms with Crippen LogP contribution in [0.5, 0.6) is 11.5 Å². The molecule has 0 aromatic heterocycles. The predicted octanol–water partition coefficient (Wildman–Crippen LogP) is 2.80. The number of anilines is 1. The van der Waals surface area contributed by atoms with Crippen LogP contribution in [-0.4, -0.2) is 56.7 Å².